The van der Waals surface area contributed by atoms with Crippen molar-refractivity contribution in [1.29, 1.82) is 0 Å². The zero-order valence-corrected chi connectivity index (χ0v) is 18.6. The average Bonchev–Trinajstić information content (AvgIpc) is 2.81. The Balaban J connectivity index is 1.82. The van der Waals surface area contributed by atoms with Crippen molar-refractivity contribution in [3.63, 3.8) is 0 Å². The maximum absolute atomic E-state index is 12.2. The van der Waals surface area contributed by atoms with Crippen LogP contribution in [0.5, 0.6) is 17.2 Å². The van der Waals surface area contributed by atoms with E-state index in [2.05, 4.69) is 10.6 Å². The highest BCUT2D eigenvalue weighted by Gasteiger charge is 2.20. The van der Waals surface area contributed by atoms with E-state index in [1.165, 1.54) is 28.3 Å². The molecule has 0 heterocycles. The van der Waals surface area contributed by atoms with Gasteiger partial charge in [-0.15, -0.1) is 0 Å². The van der Waals surface area contributed by atoms with Crippen molar-refractivity contribution >= 4 is 17.9 Å². The van der Waals surface area contributed by atoms with Gasteiger partial charge in [0, 0.05) is 13.0 Å². The number of ether oxygens (including phenoxy) is 4. The Morgan fingerprint density at radius 3 is 2.09 bits per heavy atom. The van der Waals surface area contributed by atoms with Gasteiger partial charge in [-0.05, 0) is 36.6 Å². The van der Waals surface area contributed by atoms with Crippen LogP contribution >= 0.6 is 0 Å². The van der Waals surface area contributed by atoms with E-state index in [-0.39, 0.29) is 13.0 Å². The number of nitrogens with one attached hydrogen (secondary N) is 2. The molecule has 2 rings (SSSR count). The largest absolute Gasteiger partial charge is 0.493 e. The molecule has 9 heteroatoms. The van der Waals surface area contributed by atoms with Gasteiger partial charge >= 0.3 is 12.0 Å². The molecular formula is C23H28N2O7. The van der Waals surface area contributed by atoms with E-state index < -0.39 is 24.0 Å². The smallest absolute Gasteiger partial charge is 0.321 e. The van der Waals surface area contributed by atoms with Crippen molar-refractivity contribution in [2.24, 2.45) is 0 Å². The van der Waals surface area contributed by atoms with Crippen LogP contribution in [0.1, 0.15) is 24.5 Å². The van der Waals surface area contributed by atoms with Crippen LogP contribution in [-0.2, 0) is 27.3 Å². The summed E-state index contributed by atoms with van der Waals surface area (Å²) in [5, 5.41) is 4.73. The molecule has 2 aromatic carbocycles. The molecule has 2 N–H and O–H groups in total. The van der Waals surface area contributed by atoms with Crippen LogP contribution in [0.25, 0.3) is 0 Å². The molecule has 9 nitrogen and oxygen atoms in total. The number of carbonyl (C=O) groups is 3. The van der Waals surface area contributed by atoms with Crippen molar-refractivity contribution in [3.05, 3.63) is 53.6 Å². The van der Waals surface area contributed by atoms with Crippen LogP contribution in [0.3, 0.4) is 0 Å². The fourth-order valence-corrected chi connectivity index (χ4v) is 2.87. The summed E-state index contributed by atoms with van der Waals surface area (Å²) in [6, 6.07) is 12.1. The van der Waals surface area contributed by atoms with E-state index in [1.807, 2.05) is 30.3 Å². The third-order valence-corrected chi connectivity index (χ3v) is 4.55. The zero-order chi connectivity index (χ0) is 23.5. The Hall–Kier alpha value is -3.75. The lowest BCUT2D eigenvalue weighted by Crippen LogP contribution is -2.44. The molecule has 0 fully saturated rings. The zero-order valence-electron chi connectivity index (χ0n) is 18.6. The Morgan fingerprint density at radius 1 is 0.906 bits per heavy atom. The second kappa shape index (κ2) is 12.2. The number of amides is 3. The monoisotopic (exact) mass is 444 g/mol. The average molecular weight is 444 g/mol. The second-order valence-corrected chi connectivity index (χ2v) is 6.82. The first-order valence-corrected chi connectivity index (χ1v) is 9.98. The normalized spacial score (nSPS) is 11.1. The molecule has 172 valence electrons. The molecule has 0 aliphatic rings. The molecule has 32 heavy (non-hydrogen) atoms. The lowest BCUT2D eigenvalue weighted by atomic mass is 10.1. The van der Waals surface area contributed by atoms with E-state index >= 15 is 0 Å². The first-order valence-electron chi connectivity index (χ1n) is 9.98. The van der Waals surface area contributed by atoms with Gasteiger partial charge < -0.3 is 24.3 Å². The summed E-state index contributed by atoms with van der Waals surface area (Å²) in [7, 11) is 4.52. The molecule has 1 atom stereocenters. The van der Waals surface area contributed by atoms with Gasteiger partial charge in [-0.25, -0.2) is 4.79 Å². The van der Waals surface area contributed by atoms with E-state index in [1.54, 1.807) is 12.1 Å². The summed E-state index contributed by atoms with van der Waals surface area (Å²) in [6.07, 6.45) is -0.761. The van der Waals surface area contributed by atoms with Crippen LogP contribution in [0.15, 0.2) is 42.5 Å². The molecule has 0 radical (unpaired) electrons. The number of imide groups is 1. The molecule has 0 aliphatic heterocycles. The molecule has 0 bridgehead atoms. The highest BCUT2D eigenvalue weighted by atomic mass is 16.5. The Kier molecular flexibility index (Phi) is 9.34. The first-order chi connectivity index (χ1) is 15.4. The molecule has 0 aromatic heterocycles. The number of benzene rings is 2. The number of hydrogen-bond donors (Lipinski definition) is 2. The van der Waals surface area contributed by atoms with E-state index in [0.717, 1.165) is 11.1 Å². The van der Waals surface area contributed by atoms with Crippen molar-refractivity contribution < 1.29 is 33.3 Å². The number of aryl methyl sites for hydroxylation is 1. The minimum atomic E-state index is -1.12. The summed E-state index contributed by atoms with van der Waals surface area (Å²) in [4.78, 5) is 36.2. The third kappa shape index (κ3) is 7.19. The van der Waals surface area contributed by atoms with Crippen molar-refractivity contribution in [2.45, 2.75) is 32.4 Å². The second-order valence-electron chi connectivity index (χ2n) is 6.82. The summed E-state index contributed by atoms with van der Waals surface area (Å²) >= 11 is 0. The summed E-state index contributed by atoms with van der Waals surface area (Å²) in [6.45, 7) is 1.67. The standard InChI is InChI=1S/C23H28N2O7/c1-15(22(27)25-23(28)24-14-16-8-6-5-7-9-16)32-20(26)11-10-17-12-18(29-2)21(31-4)19(13-17)30-3/h5-9,12-13,15H,10-11,14H2,1-4H3,(H2,24,25,27,28). The van der Waals surface area contributed by atoms with E-state index in [9.17, 15) is 14.4 Å². The van der Waals surface area contributed by atoms with Crippen molar-refractivity contribution in [2.75, 3.05) is 21.3 Å². The molecule has 0 aliphatic carbocycles. The maximum atomic E-state index is 12.2. The number of rotatable bonds is 10. The van der Waals surface area contributed by atoms with E-state index in [4.69, 9.17) is 18.9 Å². The number of urea groups is 1. The highest BCUT2D eigenvalue weighted by Crippen LogP contribution is 2.38. The van der Waals surface area contributed by atoms with Crippen LogP contribution in [0, 0.1) is 0 Å². The van der Waals surface area contributed by atoms with Gasteiger partial charge in [-0.2, -0.15) is 0 Å². The van der Waals surface area contributed by atoms with Gasteiger partial charge in [0.15, 0.2) is 17.6 Å². The van der Waals surface area contributed by atoms with Crippen LogP contribution < -0.4 is 24.8 Å². The maximum Gasteiger partial charge on any atom is 0.321 e. The predicted octanol–water partition coefficient (Wildman–Crippen LogP) is 2.60. The quantitative estimate of drug-likeness (QED) is 0.542. The lowest BCUT2D eigenvalue weighted by molar-refractivity contribution is -0.154. The summed E-state index contributed by atoms with van der Waals surface area (Å²) in [5.41, 5.74) is 1.66. The predicted molar refractivity (Wildman–Crippen MR) is 117 cm³/mol. The summed E-state index contributed by atoms with van der Waals surface area (Å²) < 4.78 is 21.0. The SMILES string of the molecule is COc1cc(CCC(=O)OC(C)C(=O)NC(=O)NCc2ccccc2)cc(OC)c1OC. The van der Waals surface area contributed by atoms with Crippen LogP contribution in [0.2, 0.25) is 0 Å². The molecule has 2 aromatic rings. The Morgan fingerprint density at radius 2 is 1.53 bits per heavy atom. The van der Waals surface area contributed by atoms with Crippen molar-refractivity contribution in [3.8, 4) is 17.2 Å². The Labute approximate surface area is 187 Å². The molecule has 0 saturated carbocycles. The number of methoxy groups -OCH3 is 3. The molecule has 0 spiro atoms. The van der Waals surface area contributed by atoms with Gasteiger partial charge in [0.25, 0.3) is 5.91 Å². The van der Waals surface area contributed by atoms with Crippen molar-refractivity contribution in [1.82, 2.24) is 10.6 Å². The number of carbonyl (C=O) groups excluding carboxylic acids is 3. The third-order valence-electron chi connectivity index (χ3n) is 4.55. The highest BCUT2D eigenvalue weighted by molar-refractivity contribution is 5.97. The molecule has 3 amide bonds. The Bertz CT molecular complexity index is 906. The van der Waals surface area contributed by atoms with Gasteiger partial charge in [0.1, 0.15) is 0 Å². The fraction of sp³-hybridized carbons (Fsp3) is 0.348. The molecule has 0 saturated heterocycles. The van der Waals surface area contributed by atoms with Gasteiger partial charge in [0.05, 0.1) is 21.3 Å². The minimum Gasteiger partial charge on any atom is -0.493 e. The minimum absolute atomic E-state index is 0.0243. The number of esters is 1. The molecular weight excluding hydrogens is 416 g/mol. The van der Waals surface area contributed by atoms with Crippen LogP contribution in [-0.4, -0.2) is 45.3 Å². The number of hydrogen-bond acceptors (Lipinski definition) is 7. The summed E-state index contributed by atoms with van der Waals surface area (Å²) in [5.74, 6) is 0.119. The van der Waals surface area contributed by atoms with Crippen LogP contribution in [0.4, 0.5) is 4.79 Å². The fourth-order valence-electron chi connectivity index (χ4n) is 2.87. The van der Waals surface area contributed by atoms with Gasteiger partial charge in [-0.1, -0.05) is 30.3 Å². The lowest BCUT2D eigenvalue weighted by Gasteiger charge is -2.15. The van der Waals surface area contributed by atoms with E-state index in [0.29, 0.717) is 23.7 Å². The van der Waals surface area contributed by atoms with Gasteiger partial charge in [-0.3, -0.25) is 14.9 Å². The van der Waals surface area contributed by atoms with Gasteiger partial charge in [0.2, 0.25) is 5.75 Å². The first kappa shape index (κ1) is 24.5. The molecule has 1 unspecified atom stereocenters. The topological polar surface area (TPSA) is 112 Å².